The Morgan fingerprint density at radius 3 is 2.00 bits per heavy atom. The van der Waals surface area contributed by atoms with Crippen molar-refractivity contribution in [2.24, 2.45) is 35.5 Å². The van der Waals surface area contributed by atoms with Crippen molar-refractivity contribution in [3.8, 4) is 0 Å². The van der Waals surface area contributed by atoms with E-state index >= 15 is 0 Å². The second-order valence-corrected chi connectivity index (χ2v) is 9.47. The molecule has 0 saturated heterocycles. The topological polar surface area (TPSA) is 46.5 Å². The molecule has 0 aliphatic heterocycles. The third-order valence-corrected chi connectivity index (χ3v) is 7.32. The van der Waals surface area contributed by atoms with Crippen LogP contribution < -0.4 is 0 Å². The van der Waals surface area contributed by atoms with Gasteiger partial charge in [0.05, 0.1) is 0 Å². The molecule has 0 aliphatic rings. The maximum absolute atomic E-state index is 10.9. The van der Waals surface area contributed by atoms with Crippen LogP contribution in [0.3, 0.4) is 0 Å². The normalized spacial score (nSPS) is 21.1. The van der Waals surface area contributed by atoms with Gasteiger partial charge in [-0.2, -0.15) is 0 Å². The molecule has 26 heavy (non-hydrogen) atoms. The number of rotatable bonds is 14. The molecular weight excluding hydrogens is 363 g/mol. The summed E-state index contributed by atoms with van der Waals surface area (Å²) in [5.74, 6) is 2.06. The first-order chi connectivity index (χ1) is 12.1. The number of aldehydes is 1. The number of carbonyl (C=O) groups is 1. The van der Waals surface area contributed by atoms with E-state index in [-0.39, 0.29) is 11.8 Å². The van der Waals surface area contributed by atoms with Gasteiger partial charge in [0.25, 0.3) is 0 Å². The fourth-order valence-electron chi connectivity index (χ4n) is 4.31. The summed E-state index contributed by atoms with van der Waals surface area (Å²) >= 11 is 2.82. The molecule has 0 aromatic carbocycles. The van der Waals surface area contributed by atoms with E-state index in [1.165, 1.54) is 4.23 Å². The van der Waals surface area contributed by atoms with Crippen LogP contribution in [0, 0.1) is 35.5 Å². The van der Waals surface area contributed by atoms with E-state index in [1.807, 2.05) is 7.11 Å². The van der Waals surface area contributed by atoms with Crippen molar-refractivity contribution in [1.82, 2.24) is 0 Å². The molecule has 0 aromatic rings. The van der Waals surface area contributed by atoms with Crippen molar-refractivity contribution in [3.05, 3.63) is 0 Å². The van der Waals surface area contributed by atoms with Crippen molar-refractivity contribution in [2.75, 3.05) is 7.11 Å². The monoisotopic (exact) mass is 405 g/mol. The van der Waals surface area contributed by atoms with Gasteiger partial charge in [-0.25, -0.2) is 0 Å². The van der Waals surface area contributed by atoms with Crippen LogP contribution in [0.4, 0.5) is 0 Å². The fourth-order valence-corrected chi connectivity index (χ4v) is 4.64. The summed E-state index contributed by atoms with van der Waals surface area (Å²) in [4.78, 5) is 10.9. The molecule has 0 radical (unpaired) electrons. The molecule has 0 aromatic heterocycles. The first kappa shape index (κ1) is 26.0. The third kappa shape index (κ3) is 8.82. The Kier molecular flexibility index (Phi) is 13.3. The molecule has 0 bridgehead atoms. The zero-order chi connectivity index (χ0) is 20.4. The predicted molar refractivity (Wildman–Crippen MR) is 107 cm³/mol. The van der Waals surface area contributed by atoms with Crippen LogP contribution in [0.2, 0.25) is 0 Å². The summed E-state index contributed by atoms with van der Waals surface area (Å²) < 4.78 is 7.11. The predicted octanol–water partition coefficient (Wildman–Crippen LogP) is 4.68. The minimum absolute atomic E-state index is 0.150. The van der Waals surface area contributed by atoms with Crippen molar-refractivity contribution < 1.29 is 31.6 Å². The molecule has 0 rings (SSSR count). The first-order valence-corrected chi connectivity index (χ1v) is 11.0. The summed E-state index contributed by atoms with van der Waals surface area (Å²) in [6.07, 6.45) is 4.95. The second kappa shape index (κ2) is 13.3. The number of aliphatic hydroxyl groups excluding tert-OH is 1. The molecule has 0 aliphatic carbocycles. The van der Waals surface area contributed by atoms with E-state index in [0.717, 1.165) is 32.0 Å². The van der Waals surface area contributed by atoms with Gasteiger partial charge < -0.3 is 0 Å². The molecule has 153 valence electrons. The van der Waals surface area contributed by atoms with Gasteiger partial charge in [0.2, 0.25) is 0 Å². The van der Waals surface area contributed by atoms with Crippen molar-refractivity contribution in [1.29, 1.82) is 0 Å². The Morgan fingerprint density at radius 2 is 1.54 bits per heavy atom. The average molecular weight is 406 g/mol. The van der Waals surface area contributed by atoms with Crippen LogP contribution in [0.15, 0.2) is 0 Å². The SMILES string of the molecule is CCC(OC)[C@H](C)C[C@@H](C)[C](=[V])[C@H](C)CC(C)CC(C)C(O)C(C)C=O. The van der Waals surface area contributed by atoms with E-state index in [1.54, 1.807) is 6.92 Å². The van der Waals surface area contributed by atoms with Crippen molar-refractivity contribution in [2.45, 2.75) is 86.4 Å². The van der Waals surface area contributed by atoms with Crippen molar-refractivity contribution >= 4 is 10.5 Å². The van der Waals surface area contributed by atoms with E-state index in [2.05, 4.69) is 58.5 Å². The fraction of sp³-hybridized carbons (Fsp3) is 0.909. The molecular formula is C22H42O3V. The quantitative estimate of drug-likeness (QED) is 0.427. The van der Waals surface area contributed by atoms with Gasteiger partial charge in [-0.1, -0.05) is 0 Å². The van der Waals surface area contributed by atoms with Crippen molar-refractivity contribution in [3.63, 3.8) is 0 Å². The van der Waals surface area contributed by atoms with Gasteiger partial charge in [0, 0.05) is 0 Å². The third-order valence-electron chi connectivity index (χ3n) is 5.94. The summed E-state index contributed by atoms with van der Waals surface area (Å²) in [6, 6.07) is 0. The second-order valence-electron chi connectivity index (χ2n) is 8.66. The van der Waals surface area contributed by atoms with Crippen LogP contribution in [0.1, 0.15) is 74.1 Å². The molecule has 0 amide bonds. The summed E-state index contributed by atoms with van der Waals surface area (Å²) in [5, 5.41) is 10.2. The first-order valence-electron chi connectivity index (χ1n) is 10.3. The number of hydrogen-bond donors (Lipinski definition) is 1. The molecule has 1 N–H and O–H groups in total. The van der Waals surface area contributed by atoms with Crippen LogP contribution in [0.5, 0.6) is 0 Å². The Labute approximate surface area is 171 Å². The molecule has 8 atom stereocenters. The minimum atomic E-state index is -0.536. The molecule has 4 heteroatoms. The van der Waals surface area contributed by atoms with Gasteiger partial charge in [0.15, 0.2) is 0 Å². The number of carbonyl (C=O) groups excluding carboxylic acids is 1. The number of aliphatic hydroxyl groups is 1. The molecule has 5 unspecified atom stereocenters. The van der Waals surface area contributed by atoms with Crippen LogP contribution in [-0.2, 0) is 26.5 Å². The Hall–Kier alpha value is 0.0444. The van der Waals surface area contributed by atoms with Gasteiger partial charge in [-0.15, -0.1) is 0 Å². The summed E-state index contributed by atoms with van der Waals surface area (Å²) in [5.41, 5.74) is 0. The van der Waals surface area contributed by atoms with Crippen LogP contribution in [-0.4, -0.2) is 34.9 Å². The Morgan fingerprint density at radius 1 is 1.00 bits per heavy atom. The summed E-state index contributed by atoms with van der Waals surface area (Å²) in [7, 11) is 1.81. The molecule has 0 spiro atoms. The number of ether oxygens (including phenoxy) is 1. The number of hydrogen-bond acceptors (Lipinski definition) is 3. The molecule has 0 heterocycles. The number of methoxy groups -OCH3 is 1. The van der Waals surface area contributed by atoms with Crippen LogP contribution in [0.25, 0.3) is 0 Å². The zero-order valence-corrected chi connectivity index (χ0v) is 19.6. The molecule has 3 nitrogen and oxygen atoms in total. The van der Waals surface area contributed by atoms with Crippen LogP contribution >= 0.6 is 0 Å². The van der Waals surface area contributed by atoms with E-state index in [4.69, 9.17) is 4.74 Å². The van der Waals surface area contributed by atoms with E-state index in [9.17, 15) is 9.90 Å². The van der Waals surface area contributed by atoms with Gasteiger partial charge in [0.1, 0.15) is 0 Å². The molecule has 0 fully saturated rings. The Balaban J connectivity index is 4.53. The maximum atomic E-state index is 10.9. The van der Waals surface area contributed by atoms with E-state index < -0.39 is 6.10 Å². The Bertz CT molecular complexity index is 408. The van der Waals surface area contributed by atoms with Gasteiger partial charge >= 0.3 is 171 Å². The van der Waals surface area contributed by atoms with Gasteiger partial charge in [-0.05, 0) is 0 Å². The van der Waals surface area contributed by atoms with E-state index in [0.29, 0.717) is 29.8 Å². The average Bonchev–Trinajstić information content (AvgIpc) is 2.60. The van der Waals surface area contributed by atoms with Gasteiger partial charge in [-0.3, -0.25) is 0 Å². The zero-order valence-electron chi connectivity index (χ0n) is 18.2. The standard InChI is InChI=1S/C22H42O3.V/c1-9-21(25-8)18(5)12-16(3)10-15(2)11-17(4)13-19(6)22(24)20(7)14-23;/h14-22,24H,9,11-13H2,1-8H3;/t15-,16-,17?,18+,19?,20?,21?,22?;/m0./s1. The summed E-state index contributed by atoms with van der Waals surface area (Å²) in [6.45, 7) is 15.2. The molecule has 0 saturated carbocycles.